The number of hydrogen-bond acceptors (Lipinski definition) is 7. The molecule has 0 saturated heterocycles. The Kier molecular flexibility index (Phi) is 8.48. The molecule has 0 amide bonds. The van der Waals surface area contributed by atoms with Gasteiger partial charge in [0.2, 0.25) is 5.95 Å². The first kappa shape index (κ1) is 26.0. The van der Waals surface area contributed by atoms with E-state index in [1.54, 1.807) is 31.2 Å². The van der Waals surface area contributed by atoms with Crippen molar-refractivity contribution in [3.63, 3.8) is 0 Å². The van der Waals surface area contributed by atoms with Gasteiger partial charge in [-0.05, 0) is 56.8 Å². The molecule has 10 nitrogen and oxygen atoms in total. The number of carbonyl (C=O) groups is 1. The monoisotopic (exact) mass is 488 g/mol. The third kappa shape index (κ3) is 5.73. The van der Waals surface area contributed by atoms with Crippen molar-refractivity contribution >= 4 is 17.9 Å². The Labute approximate surface area is 207 Å². The van der Waals surface area contributed by atoms with E-state index in [1.165, 1.54) is 34.5 Å². The predicted octanol–water partition coefficient (Wildman–Crippen LogP) is 2.06. The first-order chi connectivity index (χ1) is 17.4. The van der Waals surface area contributed by atoms with Crippen molar-refractivity contribution < 1.29 is 4.79 Å². The smallest absolute Gasteiger partial charge is 0.333 e. The Hall–Kier alpha value is -4.57. The highest BCUT2D eigenvalue weighted by Gasteiger charge is 2.13. The molecular formula is C26H28N6O4. The van der Waals surface area contributed by atoms with Crippen LogP contribution in [0.15, 0.2) is 81.2 Å². The van der Waals surface area contributed by atoms with Crippen LogP contribution in [0.25, 0.3) is 5.69 Å². The summed E-state index contributed by atoms with van der Waals surface area (Å²) < 4.78 is 3.86. The van der Waals surface area contributed by atoms with Crippen LogP contribution in [0.3, 0.4) is 0 Å². The van der Waals surface area contributed by atoms with Gasteiger partial charge in [-0.1, -0.05) is 29.8 Å². The molecule has 0 radical (unpaired) electrons. The highest BCUT2D eigenvalue weighted by Crippen LogP contribution is 2.17. The van der Waals surface area contributed by atoms with Crippen LogP contribution in [0.2, 0.25) is 0 Å². The lowest BCUT2D eigenvalue weighted by Gasteiger charge is -2.15. The highest BCUT2D eigenvalue weighted by atomic mass is 16.2. The average molecular weight is 489 g/mol. The summed E-state index contributed by atoms with van der Waals surface area (Å²) in [5.74, 6) is 0.119. The van der Waals surface area contributed by atoms with Crippen LogP contribution in [-0.2, 0) is 13.1 Å². The van der Waals surface area contributed by atoms with Gasteiger partial charge in [-0.2, -0.15) is 4.98 Å². The van der Waals surface area contributed by atoms with Gasteiger partial charge in [0.25, 0.3) is 5.56 Å². The van der Waals surface area contributed by atoms with Crippen LogP contribution >= 0.6 is 0 Å². The summed E-state index contributed by atoms with van der Waals surface area (Å²) in [4.78, 5) is 52.8. The molecule has 0 saturated carbocycles. The minimum atomic E-state index is -0.635. The molecule has 4 aromatic rings. The van der Waals surface area contributed by atoms with Crippen LogP contribution in [0.5, 0.6) is 0 Å². The number of nitrogens with zero attached hydrogens (tertiary/aromatic N) is 4. The molecule has 186 valence electrons. The molecule has 0 bridgehead atoms. The Morgan fingerprint density at radius 2 is 1.58 bits per heavy atom. The van der Waals surface area contributed by atoms with Crippen molar-refractivity contribution in [1.29, 1.82) is 0 Å². The van der Waals surface area contributed by atoms with Gasteiger partial charge in [0.05, 0.1) is 6.54 Å². The van der Waals surface area contributed by atoms with Crippen LogP contribution in [0.4, 0.5) is 11.6 Å². The van der Waals surface area contributed by atoms with Crippen LogP contribution in [0.1, 0.15) is 28.4 Å². The van der Waals surface area contributed by atoms with E-state index in [2.05, 4.69) is 16.0 Å². The number of benzene rings is 2. The summed E-state index contributed by atoms with van der Waals surface area (Å²) in [6.07, 6.45) is 2.13. The largest absolute Gasteiger partial charge is 0.354 e. The van der Waals surface area contributed by atoms with Crippen molar-refractivity contribution in [2.75, 3.05) is 12.4 Å². The van der Waals surface area contributed by atoms with Gasteiger partial charge in [0.1, 0.15) is 0 Å². The van der Waals surface area contributed by atoms with Crippen molar-refractivity contribution in [1.82, 2.24) is 18.7 Å². The third-order valence-corrected chi connectivity index (χ3v) is 5.40. The summed E-state index contributed by atoms with van der Waals surface area (Å²) in [7, 11) is 1.50. The van der Waals surface area contributed by atoms with E-state index in [-0.39, 0.29) is 24.6 Å². The summed E-state index contributed by atoms with van der Waals surface area (Å²) in [5.41, 5.74) is 6.63. The zero-order valence-electron chi connectivity index (χ0n) is 20.3. The standard InChI is InChI=1S/C25H23N5O4.CH5N/c1-3-28-24(33)27-23(30(25(28)34)14-18-6-4-17(2)5-7-18)26-20-9-11-21(12-10-20)29-15-19(16-31)8-13-22(29)32;1-2/h4-13,15-16H,3,14H2,1-2H3,(H,26,27,33);2H2,1H3. The lowest BCUT2D eigenvalue weighted by atomic mass is 10.1. The van der Waals surface area contributed by atoms with Gasteiger partial charge in [-0.15, -0.1) is 0 Å². The van der Waals surface area contributed by atoms with Crippen molar-refractivity contribution in [3.8, 4) is 5.69 Å². The van der Waals surface area contributed by atoms with Crippen LogP contribution in [0, 0.1) is 6.92 Å². The van der Waals surface area contributed by atoms with Crippen molar-refractivity contribution in [2.24, 2.45) is 5.73 Å². The lowest BCUT2D eigenvalue weighted by molar-refractivity contribution is 0.112. The minimum Gasteiger partial charge on any atom is -0.333 e. The number of aromatic nitrogens is 4. The molecule has 4 rings (SSSR count). The second kappa shape index (κ2) is 11.7. The lowest BCUT2D eigenvalue weighted by Crippen LogP contribution is -2.42. The molecule has 0 aliphatic carbocycles. The maximum absolute atomic E-state index is 13.0. The van der Waals surface area contributed by atoms with Gasteiger partial charge in [-0.25, -0.2) is 14.2 Å². The average Bonchev–Trinajstić information content (AvgIpc) is 2.90. The van der Waals surface area contributed by atoms with Gasteiger partial charge >= 0.3 is 11.4 Å². The fraction of sp³-hybridized carbons (Fsp3) is 0.192. The van der Waals surface area contributed by atoms with E-state index >= 15 is 0 Å². The first-order valence-corrected chi connectivity index (χ1v) is 11.3. The number of anilines is 2. The zero-order chi connectivity index (χ0) is 26.2. The Bertz CT molecular complexity index is 1520. The second-order valence-corrected chi connectivity index (χ2v) is 7.78. The molecular weight excluding hydrogens is 460 g/mol. The highest BCUT2D eigenvalue weighted by molar-refractivity contribution is 5.74. The summed E-state index contributed by atoms with van der Waals surface area (Å²) >= 11 is 0. The van der Waals surface area contributed by atoms with Crippen molar-refractivity contribution in [3.05, 3.63) is 115 Å². The Balaban J connectivity index is 0.00000176. The van der Waals surface area contributed by atoms with Crippen LogP contribution < -0.4 is 28.0 Å². The SMILES string of the molecule is CCn1c(=O)nc(Nc2ccc(-n3cc(C=O)ccc3=O)cc2)n(Cc2ccc(C)cc2)c1=O.CN. The number of carbonyl (C=O) groups excluding carboxylic acids is 1. The first-order valence-electron chi connectivity index (χ1n) is 11.3. The normalized spacial score (nSPS) is 10.3. The number of nitrogens with one attached hydrogen (secondary N) is 1. The van der Waals surface area contributed by atoms with Gasteiger partial charge in [-0.3, -0.25) is 18.7 Å². The molecule has 0 fully saturated rings. The molecule has 10 heteroatoms. The molecule has 2 aromatic heterocycles. The van der Waals surface area contributed by atoms with E-state index in [9.17, 15) is 19.2 Å². The van der Waals surface area contributed by atoms with Gasteiger partial charge in [0.15, 0.2) is 6.29 Å². The Morgan fingerprint density at radius 3 is 2.19 bits per heavy atom. The van der Waals surface area contributed by atoms with Gasteiger partial charge < -0.3 is 11.1 Å². The quantitative estimate of drug-likeness (QED) is 0.380. The van der Waals surface area contributed by atoms with E-state index in [4.69, 9.17) is 0 Å². The topological polar surface area (TPSA) is 134 Å². The minimum absolute atomic E-state index is 0.119. The molecule has 3 N–H and O–H groups in total. The van der Waals surface area contributed by atoms with E-state index in [0.29, 0.717) is 23.2 Å². The van der Waals surface area contributed by atoms with E-state index < -0.39 is 11.4 Å². The summed E-state index contributed by atoms with van der Waals surface area (Å²) in [5, 5.41) is 3.05. The maximum atomic E-state index is 13.0. The molecule has 2 heterocycles. The molecule has 0 atom stereocenters. The fourth-order valence-electron chi connectivity index (χ4n) is 3.52. The molecule has 0 aliphatic heterocycles. The molecule has 0 unspecified atom stereocenters. The summed E-state index contributed by atoms with van der Waals surface area (Å²) in [6, 6.07) is 17.3. The van der Waals surface area contributed by atoms with E-state index in [1.807, 2.05) is 31.2 Å². The summed E-state index contributed by atoms with van der Waals surface area (Å²) in [6.45, 7) is 4.14. The number of rotatable bonds is 7. The second-order valence-electron chi connectivity index (χ2n) is 7.78. The van der Waals surface area contributed by atoms with Crippen molar-refractivity contribution in [2.45, 2.75) is 26.9 Å². The maximum Gasteiger partial charge on any atom is 0.354 e. The predicted molar refractivity (Wildman–Crippen MR) is 140 cm³/mol. The third-order valence-electron chi connectivity index (χ3n) is 5.40. The van der Waals surface area contributed by atoms with Crippen LogP contribution in [-0.4, -0.2) is 32.0 Å². The molecule has 36 heavy (non-hydrogen) atoms. The fourth-order valence-corrected chi connectivity index (χ4v) is 3.52. The number of hydrogen-bond donors (Lipinski definition) is 2. The van der Waals surface area contributed by atoms with E-state index in [0.717, 1.165) is 15.7 Å². The number of aldehydes is 1. The molecule has 0 aliphatic rings. The van der Waals surface area contributed by atoms with Gasteiger partial charge in [0, 0.05) is 35.7 Å². The molecule has 0 spiro atoms. The number of pyridine rings is 1. The number of nitrogens with two attached hydrogens (primary N) is 1. The Morgan fingerprint density at radius 1 is 0.917 bits per heavy atom. The zero-order valence-corrected chi connectivity index (χ0v) is 20.3. The number of aryl methyl sites for hydroxylation is 1. The molecule has 2 aromatic carbocycles.